The lowest BCUT2D eigenvalue weighted by Gasteiger charge is -2.63. The van der Waals surface area contributed by atoms with E-state index >= 15 is 0 Å². The second-order valence-corrected chi connectivity index (χ2v) is 7.27. The molecule has 1 N–H and O–H groups in total. The number of esters is 1. The molecule has 0 aliphatic heterocycles. The van der Waals surface area contributed by atoms with Crippen LogP contribution in [0.2, 0.25) is 0 Å². The fourth-order valence-corrected chi connectivity index (χ4v) is 5.49. The van der Waals surface area contributed by atoms with Crippen LogP contribution in [0.3, 0.4) is 0 Å². The molecule has 0 heterocycles. The SMILES string of the molecule is C=CC(=O)OC12CC3CC(CC(O)(C3)C1CCCC)C2. The number of hydrogen-bond donors (Lipinski definition) is 1. The maximum Gasteiger partial charge on any atom is 0.330 e. The lowest BCUT2D eigenvalue weighted by atomic mass is 9.47. The quantitative estimate of drug-likeness (QED) is 0.620. The number of carbonyl (C=O) groups is 1. The average molecular weight is 278 g/mol. The summed E-state index contributed by atoms with van der Waals surface area (Å²) in [6.45, 7) is 5.70. The minimum atomic E-state index is -0.597. The lowest BCUT2D eigenvalue weighted by Crippen LogP contribution is -2.67. The van der Waals surface area contributed by atoms with Gasteiger partial charge >= 0.3 is 5.97 Å². The van der Waals surface area contributed by atoms with E-state index in [-0.39, 0.29) is 11.9 Å². The lowest BCUT2D eigenvalue weighted by molar-refractivity contribution is -0.255. The van der Waals surface area contributed by atoms with Crippen molar-refractivity contribution in [3.05, 3.63) is 12.7 Å². The Bertz CT molecular complexity index is 400. The van der Waals surface area contributed by atoms with Gasteiger partial charge in [0.1, 0.15) is 5.60 Å². The molecule has 0 amide bonds. The molecule has 4 rings (SSSR count). The van der Waals surface area contributed by atoms with Crippen LogP contribution in [0.4, 0.5) is 0 Å². The van der Waals surface area contributed by atoms with Crippen molar-refractivity contribution in [2.24, 2.45) is 17.8 Å². The summed E-state index contributed by atoms with van der Waals surface area (Å²) >= 11 is 0. The molecule has 4 saturated carbocycles. The third kappa shape index (κ3) is 2.11. The molecule has 0 radical (unpaired) electrons. The van der Waals surface area contributed by atoms with Crippen molar-refractivity contribution >= 4 is 5.97 Å². The molecule has 4 aliphatic rings. The van der Waals surface area contributed by atoms with Gasteiger partial charge in [0.2, 0.25) is 0 Å². The van der Waals surface area contributed by atoms with E-state index in [0.717, 1.165) is 44.9 Å². The highest BCUT2D eigenvalue weighted by molar-refractivity contribution is 5.81. The second kappa shape index (κ2) is 4.87. The van der Waals surface area contributed by atoms with Crippen LogP contribution in [0.15, 0.2) is 12.7 Å². The van der Waals surface area contributed by atoms with E-state index < -0.39 is 11.2 Å². The van der Waals surface area contributed by atoms with E-state index in [1.807, 2.05) is 0 Å². The Morgan fingerprint density at radius 3 is 2.55 bits per heavy atom. The van der Waals surface area contributed by atoms with E-state index in [1.165, 1.54) is 12.5 Å². The molecule has 20 heavy (non-hydrogen) atoms. The van der Waals surface area contributed by atoms with Crippen molar-refractivity contribution < 1.29 is 14.6 Å². The van der Waals surface area contributed by atoms with Crippen LogP contribution in [0.25, 0.3) is 0 Å². The van der Waals surface area contributed by atoms with Gasteiger partial charge in [-0.15, -0.1) is 0 Å². The van der Waals surface area contributed by atoms with Gasteiger partial charge in [0.15, 0.2) is 0 Å². The molecule has 4 fully saturated rings. The van der Waals surface area contributed by atoms with Gasteiger partial charge in [-0.25, -0.2) is 4.79 Å². The van der Waals surface area contributed by atoms with Gasteiger partial charge in [-0.05, 0) is 50.4 Å². The first-order valence-corrected chi connectivity index (χ1v) is 8.09. The van der Waals surface area contributed by atoms with Gasteiger partial charge < -0.3 is 9.84 Å². The van der Waals surface area contributed by atoms with E-state index in [1.54, 1.807) is 0 Å². The zero-order valence-corrected chi connectivity index (χ0v) is 12.4. The first-order chi connectivity index (χ1) is 9.51. The summed E-state index contributed by atoms with van der Waals surface area (Å²) in [5, 5.41) is 11.1. The summed E-state index contributed by atoms with van der Waals surface area (Å²) in [6, 6.07) is 0. The smallest absolute Gasteiger partial charge is 0.330 e. The molecule has 0 spiro atoms. The van der Waals surface area contributed by atoms with Gasteiger partial charge in [-0.1, -0.05) is 26.3 Å². The Balaban J connectivity index is 1.90. The summed E-state index contributed by atoms with van der Waals surface area (Å²) < 4.78 is 5.86. The van der Waals surface area contributed by atoms with Crippen molar-refractivity contribution in [3.8, 4) is 0 Å². The van der Waals surface area contributed by atoms with Crippen molar-refractivity contribution in [1.82, 2.24) is 0 Å². The average Bonchev–Trinajstić information content (AvgIpc) is 2.35. The molecule has 0 saturated heterocycles. The highest BCUT2D eigenvalue weighted by atomic mass is 16.6. The first kappa shape index (κ1) is 14.1. The van der Waals surface area contributed by atoms with Gasteiger partial charge in [0.25, 0.3) is 0 Å². The van der Waals surface area contributed by atoms with Crippen LogP contribution >= 0.6 is 0 Å². The van der Waals surface area contributed by atoms with Crippen LogP contribution in [0, 0.1) is 17.8 Å². The highest BCUT2D eigenvalue weighted by Gasteiger charge is 2.64. The summed E-state index contributed by atoms with van der Waals surface area (Å²) in [5.74, 6) is 0.856. The van der Waals surface area contributed by atoms with Gasteiger partial charge in [0, 0.05) is 12.0 Å². The number of hydrogen-bond acceptors (Lipinski definition) is 3. The monoisotopic (exact) mass is 278 g/mol. The van der Waals surface area contributed by atoms with Gasteiger partial charge in [-0.2, -0.15) is 0 Å². The molecule has 4 aliphatic carbocycles. The summed E-state index contributed by atoms with van der Waals surface area (Å²) in [6.07, 6.45) is 9.35. The zero-order valence-electron chi connectivity index (χ0n) is 12.4. The standard InChI is InChI=1S/C17H26O3/c1-3-5-6-14-16(19)8-12-7-13(9-16)11-17(14,10-12)20-15(18)4-2/h4,12-14,19H,2-3,5-11H2,1H3. The van der Waals surface area contributed by atoms with Crippen LogP contribution in [0.1, 0.15) is 58.3 Å². The number of ether oxygens (including phenoxy) is 1. The number of unbranched alkanes of at least 4 members (excludes halogenated alkanes) is 1. The Hall–Kier alpha value is -0.830. The van der Waals surface area contributed by atoms with Crippen LogP contribution < -0.4 is 0 Å². The molecule has 3 heteroatoms. The molecule has 3 nitrogen and oxygen atoms in total. The van der Waals surface area contributed by atoms with Gasteiger partial charge in [0.05, 0.1) is 5.60 Å². The molecule has 112 valence electrons. The number of rotatable bonds is 5. The Morgan fingerprint density at radius 1 is 1.35 bits per heavy atom. The summed E-state index contributed by atoms with van der Waals surface area (Å²) in [4.78, 5) is 11.8. The molecular weight excluding hydrogens is 252 g/mol. The molecule has 4 bridgehead atoms. The number of carbonyl (C=O) groups excluding carboxylic acids is 1. The molecule has 0 aromatic carbocycles. The highest BCUT2D eigenvalue weighted by Crippen LogP contribution is 2.62. The van der Waals surface area contributed by atoms with E-state index in [2.05, 4.69) is 13.5 Å². The Labute approximate surface area is 121 Å². The fraction of sp³-hybridized carbons (Fsp3) is 0.824. The number of aliphatic hydroxyl groups is 1. The third-order valence-electron chi connectivity index (χ3n) is 5.82. The fourth-order valence-electron chi connectivity index (χ4n) is 5.49. The van der Waals surface area contributed by atoms with Crippen molar-refractivity contribution in [1.29, 1.82) is 0 Å². The topological polar surface area (TPSA) is 46.5 Å². The minimum Gasteiger partial charge on any atom is -0.455 e. The summed E-state index contributed by atoms with van der Waals surface area (Å²) in [5.41, 5.74) is -1.01. The van der Waals surface area contributed by atoms with Crippen LogP contribution in [0.5, 0.6) is 0 Å². The maximum absolute atomic E-state index is 11.8. The molecule has 3 unspecified atom stereocenters. The Morgan fingerprint density at radius 2 is 2.00 bits per heavy atom. The van der Waals surface area contributed by atoms with E-state index in [9.17, 15) is 9.90 Å². The maximum atomic E-state index is 11.8. The minimum absolute atomic E-state index is 0.117. The largest absolute Gasteiger partial charge is 0.455 e. The predicted octanol–water partition coefficient (Wildman–Crippen LogP) is 3.22. The zero-order chi connectivity index (χ0) is 14.4. The first-order valence-electron chi connectivity index (χ1n) is 8.09. The van der Waals surface area contributed by atoms with Crippen LogP contribution in [-0.4, -0.2) is 22.3 Å². The third-order valence-corrected chi connectivity index (χ3v) is 5.82. The normalized spacial score (nSPS) is 45.4. The van der Waals surface area contributed by atoms with Crippen LogP contribution in [-0.2, 0) is 9.53 Å². The van der Waals surface area contributed by atoms with Crippen molar-refractivity contribution in [3.63, 3.8) is 0 Å². The van der Waals surface area contributed by atoms with Crippen molar-refractivity contribution in [2.75, 3.05) is 0 Å². The molecule has 0 aromatic rings. The van der Waals surface area contributed by atoms with Crippen molar-refractivity contribution in [2.45, 2.75) is 69.5 Å². The predicted molar refractivity (Wildman–Crippen MR) is 77.0 cm³/mol. The molecular formula is C17H26O3. The van der Waals surface area contributed by atoms with E-state index in [0.29, 0.717) is 11.8 Å². The summed E-state index contributed by atoms with van der Waals surface area (Å²) in [7, 11) is 0. The molecule has 0 aromatic heterocycles. The molecule has 3 atom stereocenters. The van der Waals surface area contributed by atoms with Gasteiger partial charge in [-0.3, -0.25) is 0 Å². The Kier molecular flexibility index (Phi) is 3.44. The second-order valence-electron chi connectivity index (χ2n) is 7.27. The van der Waals surface area contributed by atoms with E-state index in [4.69, 9.17) is 4.74 Å².